The number of rotatable bonds is 4. The second kappa shape index (κ2) is 7.21. The van der Waals surface area contributed by atoms with Gasteiger partial charge in [0.1, 0.15) is 5.82 Å². The van der Waals surface area contributed by atoms with Crippen molar-refractivity contribution >= 4 is 11.7 Å². The molecule has 0 aliphatic rings. The van der Waals surface area contributed by atoms with Gasteiger partial charge in [0, 0.05) is 22.4 Å². The Morgan fingerprint density at radius 2 is 1.67 bits per heavy atom. The third-order valence-electron chi connectivity index (χ3n) is 3.96. The molecule has 4 aromatic rings. The summed E-state index contributed by atoms with van der Waals surface area (Å²) in [4.78, 5) is 21.2. The largest absolute Gasteiger partial charge is 0.334 e. The van der Waals surface area contributed by atoms with Crippen molar-refractivity contribution in [3.8, 4) is 22.8 Å². The van der Waals surface area contributed by atoms with Crippen molar-refractivity contribution in [2.24, 2.45) is 0 Å². The molecule has 0 saturated carbocycles. The number of benzene rings is 2. The van der Waals surface area contributed by atoms with Crippen molar-refractivity contribution in [3.05, 3.63) is 84.1 Å². The van der Waals surface area contributed by atoms with Gasteiger partial charge in [-0.1, -0.05) is 47.6 Å². The summed E-state index contributed by atoms with van der Waals surface area (Å²) in [5.41, 5.74) is 2.86. The van der Waals surface area contributed by atoms with Crippen molar-refractivity contribution in [2.45, 2.75) is 6.92 Å². The van der Waals surface area contributed by atoms with E-state index in [9.17, 15) is 4.79 Å². The number of amides is 1. The van der Waals surface area contributed by atoms with Gasteiger partial charge < -0.3 is 9.84 Å². The number of hydrogen-bond acceptors (Lipinski definition) is 5. The molecule has 2 aromatic carbocycles. The van der Waals surface area contributed by atoms with Gasteiger partial charge in [0.2, 0.25) is 5.82 Å². The molecule has 0 atom stereocenters. The second-order valence-corrected chi connectivity index (χ2v) is 5.99. The first-order chi connectivity index (χ1) is 13.2. The van der Waals surface area contributed by atoms with Crippen LogP contribution in [0.5, 0.6) is 0 Å². The summed E-state index contributed by atoms with van der Waals surface area (Å²) in [7, 11) is 0. The Kier molecular flexibility index (Phi) is 4.45. The summed E-state index contributed by atoms with van der Waals surface area (Å²) in [6.07, 6.45) is 0. The fourth-order valence-corrected chi connectivity index (χ4v) is 2.64. The van der Waals surface area contributed by atoms with E-state index in [0.717, 1.165) is 11.3 Å². The van der Waals surface area contributed by atoms with Crippen LogP contribution in [-0.2, 0) is 0 Å². The number of carbonyl (C=O) groups is 1. The molecule has 4 rings (SSSR count). The van der Waals surface area contributed by atoms with Gasteiger partial charge in [0.05, 0.1) is 0 Å². The normalized spacial score (nSPS) is 10.6. The van der Waals surface area contributed by atoms with Crippen molar-refractivity contribution in [2.75, 3.05) is 5.32 Å². The minimum Gasteiger partial charge on any atom is -0.334 e. The average Bonchev–Trinajstić information content (AvgIpc) is 3.19. The zero-order chi connectivity index (χ0) is 18.6. The van der Waals surface area contributed by atoms with Crippen LogP contribution in [0.4, 0.5) is 5.82 Å². The van der Waals surface area contributed by atoms with Gasteiger partial charge in [0.15, 0.2) is 0 Å². The first kappa shape index (κ1) is 16.7. The minimum absolute atomic E-state index is 0.252. The van der Waals surface area contributed by atoms with E-state index in [1.165, 1.54) is 0 Å². The molecule has 6 nitrogen and oxygen atoms in total. The monoisotopic (exact) mass is 356 g/mol. The molecule has 6 heteroatoms. The number of nitrogens with one attached hydrogen (secondary N) is 1. The fraction of sp³-hybridized carbons (Fsp3) is 0.0476. The first-order valence-electron chi connectivity index (χ1n) is 8.43. The van der Waals surface area contributed by atoms with E-state index in [-0.39, 0.29) is 5.91 Å². The van der Waals surface area contributed by atoms with E-state index in [1.807, 2.05) is 55.5 Å². The van der Waals surface area contributed by atoms with E-state index in [4.69, 9.17) is 4.52 Å². The Morgan fingerprint density at radius 1 is 0.889 bits per heavy atom. The van der Waals surface area contributed by atoms with Crippen LogP contribution in [0.15, 0.2) is 77.3 Å². The Morgan fingerprint density at radius 3 is 2.48 bits per heavy atom. The lowest BCUT2D eigenvalue weighted by molar-refractivity contribution is 0.102. The third kappa shape index (κ3) is 3.74. The molecule has 0 bridgehead atoms. The van der Waals surface area contributed by atoms with E-state index >= 15 is 0 Å². The number of nitrogens with zero attached hydrogens (tertiary/aromatic N) is 3. The van der Waals surface area contributed by atoms with Crippen LogP contribution < -0.4 is 5.32 Å². The molecule has 132 valence electrons. The standard InChI is InChI=1S/C21H16N4O2/c1-14-7-5-12-18(22-14)23-20(26)16-10-6-11-17(13-16)21-24-19(25-27-21)15-8-3-2-4-9-15/h2-13H,1H3,(H,22,23,26). The van der Waals surface area contributed by atoms with Crippen LogP contribution in [0.2, 0.25) is 0 Å². The third-order valence-corrected chi connectivity index (χ3v) is 3.96. The Bertz CT molecular complexity index is 1090. The number of pyridine rings is 1. The number of hydrogen-bond donors (Lipinski definition) is 1. The second-order valence-electron chi connectivity index (χ2n) is 5.99. The van der Waals surface area contributed by atoms with Gasteiger partial charge >= 0.3 is 0 Å². The van der Waals surface area contributed by atoms with Gasteiger partial charge in [-0.25, -0.2) is 4.98 Å². The molecule has 2 aromatic heterocycles. The molecule has 0 unspecified atom stereocenters. The van der Waals surface area contributed by atoms with Crippen LogP contribution in [0.1, 0.15) is 16.1 Å². The van der Waals surface area contributed by atoms with Crippen molar-refractivity contribution in [1.29, 1.82) is 0 Å². The summed E-state index contributed by atoms with van der Waals surface area (Å²) in [6, 6.07) is 22.1. The predicted octanol–water partition coefficient (Wildman–Crippen LogP) is 4.36. The minimum atomic E-state index is -0.252. The average molecular weight is 356 g/mol. The molecule has 0 radical (unpaired) electrons. The molecule has 0 spiro atoms. The molecule has 0 saturated heterocycles. The summed E-state index contributed by atoms with van der Waals surface area (Å²) in [6.45, 7) is 1.87. The number of anilines is 1. The lowest BCUT2D eigenvalue weighted by atomic mass is 10.1. The van der Waals surface area contributed by atoms with Gasteiger partial charge in [-0.2, -0.15) is 4.98 Å². The van der Waals surface area contributed by atoms with Gasteiger partial charge in [-0.3, -0.25) is 4.79 Å². The van der Waals surface area contributed by atoms with E-state index in [1.54, 1.807) is 24.3 Å². The summed E-state index contributed by atoms with van der Waals surface area (Å²) >= 11 is 0. The highest BCUT2D eigenvalue weighted by molar-refractivity contribution is 6.04. The van der Waals surface area contributed by atoms with Crippen LogP contribution in [0.25, 0.3) is 22.8 Å². The predicted molar refractivity (Wildman–Crippen MR) is 102 cm³/mol. The van der Waals surface area contributed by atoms with Crippen molar-refractivity contribution < 1.29 is 9.32 Å². The maximum atomic E-state index is 12.5. The summed E-state index contributed by atoms with van der Waals surface area (Å²) in [5, 5.41) is 6.81. The van der Waals surface area contributed by atoms with Gasteiger partial charge in [-0.15, -0.1) is 0 Å². The molecule has 1 amide bonds. The van der Waals surface area contributed by atoms with Crippen molar-refractivity contribution in [3.63, 3.8) is 0 Å². The lowest BCUT2D eigenvalue weighted by Gasteiger charge is -2.05. The molecule has 1 N–H and O–H groups in total. The van der Waals surface area contributed by atoms with Crippen LogP contribution in [0.3, 0.4) is 0 Å². The van der Waals surface area contributed by atoms with Gasteiger partial charge in [-0.05, 0) is 37.3 Å². The highest BCUT2D eigenvalue weighted by Gasteiger charge is 2.13. The van der Waals surface area contributed by atoms with E-state index in [2.05, 4.69) is 20.4 Å². The number of carbonyl (C=O) groups excluding carboxylic acids is 1. The van der Waals surface area contributed by atoms with Crippen LogP contribution >= 0.6 is 0 Å². The highest BCUT2D eigenvalue weighted by atomic mass is 16.5. The molecular weight excluding hydrogens is 340 g/mol. The number of aromatic nitrogens is 3. The highest BCUT2D eigenvalue weighted by Crippen LogP contribution is 2.23. The quantitative estimate of drug-likeness (QED) is 0.587. The smallest absolute Gasteiger partial charge is 0.258 e. The van der Waals surface area contributed by atoms with Crippen LogP contribution in [0, 0.1) is 6.92 Å². The molecule has 0 fully saturated rings. The molecule has 2 heterocycles. The van der Waals surface area contributed by atoms with Crippen LogP contribution in [-0.4, -0.2) is 21.0 Å². The zero-order valence-corrected chi connectivity index (χ0v) is 14.6. The lowest BCUT2D eigenvalue weighted by Crippen LogP contribution is -2.13. The Labute approximate surface area is 155 Å². The van der Waals surface area contributed by atoms with E-state index < -0.39 is 0 Å². The maximum absolute atomic E-state index is 12.5. The maximum Gasteiger partial charge on any atom is 0.258 e. The van der Waals surface area contributed by atoms with E-state index in [0.29, 0.717) is 28.7 Å². The SMILES string of the molecule is Cc1cccc(NC(=O)c2cccc(-c3nc(-c4ccccc4)no3)c2)n1. The molecule has 0 aliphatic carbocycles. The fourth-order valence-electron chi connectivity index (χ4n) is 2.64. The zero-order valence-electron chi connectivity index (χ0n) is 14.6. The topological polar surface area (TPSA) is 80.9 Å². The summed E-state index contributed by atoms with van der Waals surface area (Å²) in [5.74, 6) is 1.12. The first-order valence-corrected chi connectivity index (χ1v) is 8.43. The molecular formula is C21H16N4O2. The Balaban J connectivity index is 1.57. The molecule has 0 aliphatic heterocycles. The summed E-state index contributed by atoms with van der Waals surface area (Å²) < 4.78 is 5.37. The Hall–Kier alpha value is -3.80. The van der Waals surface area contributed by atoms with Crippen molar-refractivity contribution in [1.82, 2.24) is 15.1 Å². The van der Waals surface area contributed by atoms with Gasteiger partial charge in [0.25, 0.3) is 11.8 Å². The molecule has 27 heavy (non-hydrogen) atoms. The number of aryl methyl sites for hydroxylation is 1.